The summed E-state index contributed by atoms with van der Waals surface area (Å²) in [4.78, 5) is 9.98. The van der Waals surface area contributed by atoms with Crippen LogP contribution in [0.2, 0.25) is 5.02 Å². The predicted molar refractivity (Wildman–Crippen MR) is 70.2 cm³/mol. The summed E-state index contributed by atoms with van der Waals surface area (Å²) in [7, 11) is 0. The summed E-state index contributed by atoms with van der Waals surface area (Å²) in [6.45, 7) is 0. The van der Waals surface area contributed by atoms with Crippen molar-refractivity contribution < 1.29 is 10.0 Å². The average Bonchev–Trinajstić information content (AvgIpc) is 2.75. The fraction of sp³-hybridized carbons (Fsp3) is 0. The molecule has 0 spiro atoms. The highest BCUT2D eigenvalue weighted by Crippen LogP contribution is 2.32. The van der Waals surface area contributed by atoms with Crippen LogP contribution in [0.4, 0.5) is 5.69 Å². The molecular weight excluding hydrogens is 294 g/mol. The SMILES string of the molecule is O=[N+]([O-])c1cc(Cl)cc(/C=N\n2cn[nH]c2=S)c1O. The molecule has 1 aromatic carbocycles. The summed E-state index contributed by atoms with van der Waals surface area (Å²) < 4.78 is 1.47. The van der Waals surface area contributed by atoms with Crippen LogP contribution in [0.15, 0.2) is 23.6 Å². The molecule has 2 N–H and O–H groups in total. The summed E-state index contributed by atoms with van der Waals surface area (Å²) in [6.07, 6.45) is 2.51. The maximum absolute atomic E-state index is 10.7. The molecule has 0 bridgehead atoms. The number of aromatic amines is 1. The standard InChI is InChI=1S/C9H6ClN5O3S/c10-6-1-5(8(16)7(2-6)15(17)18)3-12-14-4-11-13-9(14)19/h1-4,16H,(H,13,19)/b12-3-. The Morgan fingerprint density at radius 3 is 2.95 bits per heavy atom. The van der Waals surface area contributed by atoms with Crippen molar-refractivity contribution in [1.29, 1.82) is 0 Å². The van der Waals surface area contributed by atoms with Gasteiger partial charge >= 0.3 is 5.69 Å². The quantitative estimate of drug-likeness (QED) is 0.390. The molecule has 1 aromatic heterocycles. The topological polar surface area (TPSA) is 109 Å². The van der Waals surface area contributed by atoms with E-state index in [1.807, 2.05) is 0 Å². The van der Waals surface area contributed by atoms with E-state index >= 15 is 0 Å². The average molecular weight is 300 g/mol. The van der Waals surface area contributed by atoms with Crippen LogP contribution in [0, 0.1) is 14.9 Å². The first-order chi connectivity index (χ1) is 8.99. The number of phenolic OH excluding ortho intramolecular Hbond substituents is 1. The van der Waals surface area contributed by atoms with Crippen LogP contribution in [0.1, 0.15) is 5.56 Å². The van der Waals surface area contributed by atoms with E-state index in [0.29, 0.717) is 0 Å². The van der Waals surface area contributed by atoms with Crippen molar-refractivity contribution in [2.45, 2.75) is 0 Å². The first-order valence-corrected chi connectivity index (χ1v) is 5.61. The number of nitro benzene ring substituents is 1. The van der Waals surface area contributed by atoms with Gasteiger partial charge in [-0.25, -0.2) is 0 Å². The van der Waals surface area contributed by atoms with Crippen LogP contribution in [0.25, 0.3) is 0 Å². The van der Waals surface area contributed by atoms with E-state index in [1.54, 1.807) is 0 Å². The molecule has 0 amide bonds. The van der Waals surface area contributed by atoms with Gasteiger partial charge in [-0.05, 0) is 18.3 Å². The lowest BCUT2D eigenvalue weighted by molar-refractivity contribution is -0.385. The van der Waals surface area contributed by atoms with E-state index < -0.39 is 16.4 Å². The molecule has 8 nitrogen and oxygen atoms in total. The Balaban J connectivity index is 2.46. The second kappa shape index (κ2) is 5.16. The maximum Gasteiger partial charge on any atom is 0.312 e. The fourth-order valence-electron chi connectivity index (χ4n) is 1.29. The fourth-order valence-corrected chi connectivity index (χ4v) is 1.66. The Morgan fingerprint density at radius 1 is 1.63 bits per heavy atom. The first-order valence-electron chi connectivity index (χ1n) is 4.82. The number of H-pyrrole nitrogens is 1. The predicted octanol–water partition coefficient (Wildman–Crippen LogP) is 2.09. The van der Waals surface area contributed by atoms with Gasteiger partial charge in [0.2, 0.25) is 10.5 Å². The van der Waals surface area contributed by atoms with Gasteiger partial charge in [0.25, 0.3) is 0 Å². The number of aromatic hydroxyl groups is 1. The lowest BCUT2D eigenvalue weighted by Gasteiger charge is -2.01. The molecule has 10 heteroatoms. The minimum atomic E-state index is -0.734. The van der Waals surface area contributed by atoms with Crippen molar-refractivity contribution in [2.24, 2.45) is 5.10 Å². The molecule has 0 radical (unpaired) electrons. The summed E-state index contributed by atoms with van der Waals surface area (Å²) >= 11 is 10.6. The molecular formula is C9H6ClN5O3S. The van der Waals surface area contributed by atoms with Gasteiger partial charge < -0.3 is 5.11 Å². The van der Waals surface area contributed by atoms with Crippen molar-refractivity contribution in [3.05, 3.63) is 43.9 Å². The van der Waals surface area contributed by atoms with E-state index in [-0.39, 0.29) is 15.4 Å². The van der Waals surface area contributed by atoms with Crippen LogP contribution in [0.5, 0.6) is 5.75 Å². The zero-order valence-corrected chi connectivity index (χ0v) is 10.7. The van der Waals surface area contributed by atoms with Crippen molar-refractivity contribution in [3.8, 4) is 5.75 Å². The molecule has 0 aliphatic heterocycles. The normalized spacial score (nSPS) is 11.0. The Labute approximate surface area is 116 Å². The molecule has 0 atom stereocenters. The highest BCUT2D eigenvalue weighted by atomic mass is 35.5. The molecule has 0 saturated carbocycles. The van der Waals surface area contributed by atoms with Crippen LogP contribution in [-0.4, -0.2) is 31.1 Å². The van der Waals surface area contributed by atoms with Crippen molar-refractivity contribution in [2.75, 3.05) is 0 Å². The minimum Gasteiger partial charge on any atom is -0.502 e. The van der Waals surface area contributed by atoms with Crippen molar-refractivity contribution >= 4 is 35.7 Å². The lowest BCUT2D eigenvalue weighted by Crippen LogP contribution is -1.94. The number of nitrogens with one attached hydrogen (secondary N) is 1. The van der Waals surface area contributed by atoms with Crippen LogP contribution < -0.4 is 0 Å². The van der Waals surface area contributed by atoms with E-state index in [2.05, 4.69) is 15.3 Å². The zero-order valence-electron chi connectivity index (χ0n) is 9.15. The third kappa shape index (κ3) is 2.77. The highest BCUT2D eigenvalue weighted by Gasteiger charge is 2.17. The molecule has 0 unspecified atom stereocenters. The van der Waals surface area contributed by atoms with E-state index in [9.17, 15) is 15.2 Å². The van der Waals surface area contributed by atoms with E-state index in [0.717, 1.165) is 6.07 Å². The zero-order chi connectivity index (χ0) is 14.0. The number of hydrogen-bond acceptors (Lipinski definition) is 6. The number of nitro groups is 1. The van der Waals surface area contributed by atoms with Crippen LogP contribution in [-0.2, 0) is 0 Å². The second-order valence-corrected chi connectivity index (χ2v) is 4.19. The Bertz CT molecular complexity index is 723. The summed E-state index contributed by atoms with van der Waals surface area (Å²) in [6, 6.07) is 2.40. The van der Waals surface area contributed by atoms with Crippen molar-refractivity contribution in [3.63, 3.8) is 0 Å². The summed E-state index contributed by atoms with van der Waals surface area (Å²) in [5.41, 5.74) is -0.396. The minimum absolute atomic E-state index is 0.0994. The highest BCUT2D eigenvalue weighted by molar-refractivity contribution is 7.71. The Kier molecular flexibility index (Phi) is 3.58. The van der Waals surface area contributed by atoms with E-state index in [1.165, 1.54) is 23.3 Å². The van der Waals surface area contributed by atoms with Gasteiger partial charge in [0, 0.05) is 16.7 Å². The largest absolute Gasteiger partial charge is 0.502 e. The number of nitrogens with zero attached hydrogens (tertiary/aromatic N) is 4. The van der Waals surface area contributed by atoms with E-state index in [4.69, 9.17) is 23.8 Å². The number of halogens is 1. The smallest absolute Gasteiger partial charge is 0.312 e. The molecule has 2 aromatic rings. The Hall–Kier alpha value is -2.26. The molecule has 19 heavy (non-hydrogen) atoms. The molecule has 0 aliphatic rings. The first kappa shape index (κ1) is 13.2. The van der Waals surface area contributed by atoms with Gasteiger partial charge in [0.15, 0.2) is 0 Å². The third-order valence-corrected chi connectivity index (χ3v) is 2.63. The van der Waals surface area contributed by atoms with Gasteiger partial charge in [0.1, 0.15) is 6.33 Å². The molecule has 0 saturated heterocycles. The van der Waals surface area contributed by atoms with Gasteiger partial charge in [-0.1, -0.05) is 11.6 Å². The molecule has 0 aliphatic carbocycles. The number of aromatic nitrogens is 3. The lowest BCUT2D eigenvalue weighted by atomic mass is 10.2. The summed E-state index contributed by atoms with van der Waals surface area (Å²) in [5, 5.41) is 30.6. The third-order valence-electron chi connectivity index (χ3n) is 2.14. The molecule has 1 heterocycles. The van der Waals surface area contributed by atoms with Gasteiger partial charge in [-0.2, -0.15) is 14.9 Å². The molecule has 2 rings (SSSR count). The van der Waals surface area contributed by atoms with Crippen LogP contribution >= 0.6 is 23.8 Å². The van der Waals surface area contributed by atoms with Gasteiger partial charge in [-0.15, -0.1) is 0 Å². The Morgan fingerprint density at radius 2 is 2.37 bits per heavy atom. The molecule has 98 valence electrons. The monoisotopic (exact) mass is 299 g/mol. The number of hydrogen-bond donors (Lipinski definition) is 2. The number of rotatable bonds is 3. The molecule has 0 fully saturated rings. The second-order valence-electron chi connectivity index (χ2n) is 3.37. The number of benzene rings is 1. The summed E-state index contributed by atoms with van der Waals surface area (Å²) in [5.74, 6) is -0.520. The van der Waals surface area contributed by atoms with Gasteiger partial charge in [0.05, 0.1) is 11.1 Å². The van der Waals surface area contributed by atoms with Crippen LogP contribution in [0.3, 0.4) is 0 Å². The maximum atomic E-state index is 10.7. The number of phenols is 1. The van der Waals surface area contributed by atoms with Gasteiger partial charge in [-0.3, -0.25) is 15.2 Å². The van der Waals surface area contributed by atoms with Crippen molar-refractivity contribution in [1.82, 2.24) is 14.9 Å².